The number of nitrogens with one attached hydrogen (secondary N) is 1. The van der Waals surface area contributed by atoms with E-state index < -0.39 is 0 Å². The van der Waals surface area contributed by atoms with Gasteiger partial charge in [0.1, 0.15) is 0 Å². The van der Waals surface area contributed by atoms with Gasteiger partial charge >= 0.3 is 0 Å². The molecular formula is C18H21BrN2OS. The maximum absolute atomic E-state index is 11.8. The largest absolute Gasteiger partial charge is 0.373 e. The van der Waals surface area contributed by atoms with Crippen molar-refractivity contribution >= 4 is 39.3 Å². The van der Waals surface area contributed by atoms with Crippen LogP contribution in [0, 0.1) is 0 Å². The van der Waals surface area contributed by atoms with E-state index in [2.05, 4.69) is 50.4 Å². The van der Waals surface area contributed by atoms with Crippen molar-refractivity contribution < 1.29 is 4.79 Å². The van der Waals surface area contributed by atoms with Crippen LogP contribution in [0.5, 0.6) is 0 Å². The minimum atomic E-state index is 0.0913. The maximum Gasteiger partial charge on any atom is 0.230 e. The average molecular weight is 393 g/mol. The van der Waals surface area contributed by atoms with Crippen LogP contribution >= 0.6 is 27.7 Å². The summed E-state index contributed by atoms with van der Waals surface area (Å²) in [6.07, 6.45) is 0. The summed E-state index contributed by atoms with van der Waals surface area (Å²) in [5.74, 6) is 1.43. The molecule has 0 unspecified atom stereocenters. The van der Waals surface area contributed by atoms with E-state index in [1.54, 1.807) is 11.8 Å². The molecule has 0 spiro atoms. The second-order valence-electron chi connectivity index (χ2n) is 5.23. The molecule has 5 heteroatoms. The number of para-hydroxylation sites is 1. The van der Waals surface area contributed by atoms with Gasteiger partial charge in [0, 0.05) is 36.1 Å². The highest BCUT2D eigenvalue weighted by molar-refractivity contribution is 9.10. The molecule has 0 aliphatic carbocycles. The quantitative estimate of drug-likeness (QED) is 0.738. The van der Waals surface area contributed by atoms with Crippen LogP contribution in [0.25, 0.3) is 0 Å². The van der Waals surface area contributed by atoms with Gasteiger partial charge in [0.05, 0.1) is 5.75 Å². The van der Waals surface area contributed by atoms with Gasteiger partial charge in [-0.1, -0.05) is 46.3 Å². The Hall–Kier alpha value is -1.46. The number of nitrogens with zero attached hydrogens (tertiary/aromatic N) is 1. The van der Waals surface area contributed by atoms with E-state index in [4.69, 9.17) is 0 Å². The van der Waals surface area contributed by atoms with Crippen molar-refractivity contribution in [1.82, 2.24) is 5.32 Å². The van der Waals surface area contributed by atoms with Crippen LogP contribution in [-0.4, -0.2) is 31.8 Å². The first-order chi connectivity index (χ1) is 11.1. The highest BCUT2D eigenvalue weighted by atomic mass is 79.9. The minimum Gasteiger partial charge on any atom is -0.373 e. The molecule has 0 heterocycles. The second kappa shape index (κ2) is 9.63. The third-order valence-corrected chi connectivity index (χ3v) is 4.91. The van der Waals surface area contributed by atoms with E-state index in [1.165, 1.54) is 5.56 Å². The molecule has 0 aromatic heterocycles. The first kappa shape index (κ1) is 17.9. The summed E-state index contributed by atoms with van der Waals surface area (Å²) < 4.78 is 1.08. The molecule has 3 nitrogen and oxygen atoms in total. The van der Waals surface area contributed by atoms with Crippen LogP contribution in [-0.2, 0) is 10.5 Å². The Bertz CT molecular complexity index is 604. The Labute approximate surface area is 150 Å². The lowest BCUT2D eigenvalue weighted by molar-refractivity contribution is -0.118. The lowest BCUT2D eigenvalue weighted by Gasteiger charge is -2.19. The van der Waals surface area contributed by atoms with E-state index in [1.807, 2.05) is 37.4 Å². The molecule has 2 rings (SSSR count). The van der Waals surface area contributed by atoms with Gasteiger partial charge in [0.15, 0.2) is 0 Å². The number of likely N-dealkylation sites (N-methyl/N-ethyl adjacent to an activating group) is 1. The molecule has 2 aromatic rings. The number of anilines is 1. The normalized spacial score (nSPS) is 10.3. The van der Waals surface area contributed by atoms with Crippen LogP contribution in [0.15, 0.2) is 59.1 Å². The SMILES string of the molecule is CN(CCNC(=O)CSCc1ccc(Br)cc1)c1ccccc1. The summed E-state index contributed by atoms with van der Waals surface area (Å²) >= 11 is 5.05. The molecular weight excluding hydrogens is 372 g/mol. The number of hydrogen-bond donors (Lipinski definition) is 1. The van der Waals surface area contributed by atoms with E-state index in [0.717, 1.165) is 22.5 Å². The zero-order chi connectivity index (χ0) is 16.5. The van der Waals surface area contributed by atoms with Crippen LogP contribution in [0.4, 0.5) is 5.69 Å². The summed E-state index contributed by atoms with van der Waals surface area (Å²) in [6, 6.07) is 18.4. The van der Waals surface area contributed by atoms with E-state index >= 15 is 0 Å². The van der Waals surface area contributed by atoms with Crippen LogP contribution < -0.4 is 10.2 Å². The van der Waals surface area contributed by atoms with Gasteiger partial charge in [-0.15, -0.1) is 11.8 Å². The summed E-state index contributed by atoms with van der Waals surface area (Å²) in [7, 11) is 2.03. The number of carbonyl (C=O) groups is 1. The molecule has 23 heavy (non-hydrogen) atoms. The Morgan fingerprint density at radius 1 is 1.13 bits per heavy atom. The zero-order valence-electron chi connectivity index (χ0n) is 13.2. The minimum absolute atomic E-state index is 0.0913. The second-order valence-corrected chi connectivity index (χ2v) is 7.13. The monoisotopic (exact) mass is 392 g/mol. The Kier molecular flexibility index (Phi) is 7.49. The van der Waals surface area contributed by atoms with Gasteiger partial charge in [-0.25, -0.2) is 0 Å². The van der Waals surface area contributed by atoms with Crippen LogP contribution in [0.1, 0.15) is 5.56 Å². The molecule has 2 aromatic carbocycles. The molecule has 0 saturated heterocycles. The van der Waals surface area contributed by atoms with E-state index in [0.29, 0.717) is 12.3 Å². The van der Waals surface area contributed by atoms with Gasteiger partial charge < -0.3 is 10.2 Å². The number of benzene rings is 2. The molecule has 0 bridgehead atoms. The van der Waals surface area contributed by atoms with Crippen LogP contribution in [0.2, 0.25) is 0 Å². The van der Waals surface area contributed by atoms with Crippen molar-refractivity contribution in [2.24, 2.45) is 0 Å². The zero-order valence-corrected chi connectivity index (χ0v) is 15.6. The molecule has 0 atom stereocenters. The van der Waals surface area contributed by atoms with Crippen molar-refractivity contribution in [3.63, 3.8) is 0 Å². The Morgan fingerprint density at radius 2 is 1.83 bits per heavy atom. The lowest BCUT2D eigenvalue weighted by Crippen LogP contribution is -2.33. The smallest absolute Gasteiger partial charge is 0.230 e. The fraction of sp³-hybridized carbons (Fsp3) is 0.278. The molecule has 122 valence electrons. The number of carbonyl (C=O) groups excluding carboxylic acids is 1. The molecule has 1 amide bonds. The lowest BCUT2D eigenvalue weighted by atomic mass is 10.2. The molecule has 0 fully saturated rings. The van der Waals surface area contributed by atoms with Gasteiger partial charge in [0.25, 0.3) is 0 Å². The highest BCUT2D eigenvalue weighted by Gasteiger charge is 2.04. The standard InChI is InChI=1S/C18H21BrN2OS/c1-21(17-5-3-2-4-6-17)12-11-20-18(22)14-23-13-15-7-9-16(19)10-8-15/h2-10H,11-14H2,1H3,(H,20,22). The predicted octanol–water partition coefficient (Wildman–Crippen LogP) is 3.93. The molecule has 0 radical (unpaired) electrons. The molecule has 0 aliphatic rings. The van der Waals surface area contributed by atoms with Gasteiger partial charge in [0.2, 0.25) is 5.91 Å². The Morgan fingerprint density at radius 3 is 2.52 bits per heavy atom. The first-order valence-corrected chi connectivity index (χ1v) is 9.45. The molecule has 1 N–H and O–H groups in total. The topological polar surface area (TPSA) is 32.3 Å². The van der Waals surface area contributed by atoms with Crippen molar-refractivity contribution in [2.45, 2.75) is 5.75 Å². The summed E-state index contributed by atoms with van der Waals surface area (Å²) in [5.41, 5.74) is 2.39. The third-order valence-electron chi connectivity index (χ3n) is 3.38. The van der Waals surface area contributed by atoms with E-state index in [-0.39, 0.29) is 5.91 Å². The van der Waals surface area contributed by atoms with Crippen molar-refractivity contribution in [3.8, 4) is 0 Å². The summed E-state index contributed by atoms with van der Waals surface area (Å²) in [5, 5.41) is 2.97. The number of amides is 1. The molecule has 0 saturated carbocycles. The third kappa shape index (κ3) is 6.67. The number of halogens is 1. The fourth-order valence-electron chi connectivity index (χ4n) is 2.07. The number of rotatable bonds is 8. The van der Waals surface area contributed by atoms with Gasteiger partial charge in [-0.2, -0.15) is 0 Å². The maximum atomic E-state index is 11.8. The number of thioether (sulfide) groups is 1. The van der Waals surface area contributed by atoms with Crippen molar-refractivity contribution in [3.05, 3.63) is 64.6 Å². The number of hydrogen-bond acceptors (Lipinski definition) is 3. The van der Waals surface area contributed by atoms with E-state index in [9.17, 15) is 4.79 Å². The van der Waals surface area contributed by atoms with Gasteiger partial charge in [-0.05, 0) is 29.8 Å². The van der Waals surface area contributed by atoms with Crippen molar-refractivity contribution in [2.75, 3.05) is 30.8 Å². The summed E-state index contributed by atoms with van der Waals surface area (Å²) in [4.78, 5) is 14.0. The predicted molar refractivity (Wildman–Crippen MR) is 103 cm³/mol. The highest BCUT2D eigenvalue weighted by Crippen LogP contribution is 2.15. The molecule has 0 aliphatic heterocycles. The first-order valence-electron chi connectivity index (χ1n) is 7.50. The Balaban J connectivity index is 1.61. The fourth-order valence-corrected chi connectivity index (χ4v) is 3.15. The summed E-state index contributed by atoms with van der Waals surface area (Å²) in [6.45, 7) is 1.45. The van der Waals surface area contributed by atoms with Gasteiger partial charge in [-0.3, -0.25) is 4.79 Å². The average Bonchev–Trinajstić information content (AvgIpc) is 2.57. The van der Waals surface area contributed by atoms with Crippen LogP contribution in [0.3, 0.4) is 0 Å². The van der Waals surface area contributed by atoms with Crippen molar-refractivity contribution in [1.29, 1.82) is 0 Å².